The van der Waals surface area contributed by atoms with Gasteiger partial charge in [0.25, 0.3) is 0 Å². The summed E-state index contributed by atoms with van der Waals surface area (Å²) in [4.78, 5) is 11.1. The number of piperidine rings is 1. The number of hydrogen-bond acceptors (Lipinski definition) is 4. The Bertz CT molecular complexity index is 666. The number of hydrogen-bond donors (Lipinski definition) is 2. The average molecular weight is 313 g/mol. The van der Waals surface area contributed by atoms with Crippen molar-refractivity contribution in [3.05, 3.63) is 29.3 Å². The maximum absolute atomic E-state index is 12.7. The molecule has 0 spiro atoms. The minimum atomic E-state index is -3.81. The Morgan fingerprint density at radius 3 is 2.62 bits per heavy atom. The van der Waals surface area contributed by atoms with Gasteiger partial charge in [-0.15, -0.1) is 0 Å². The van der Waals surface area contributed by atoms with Gasteiger partial charge in [-0.25, -0.2) is 13.2 Å². The second-order valence-electron chi connectivity index (χ2n) is 5.67. The number of carboxylic acid groups (broad SMARTS) is 1. The molecule has 1 saturated heterocycles. The zero-order chi connectivity index (χ0) is 15.8. The van der Waals surface area contributed by atoms with Crippen LogP contribution in [0.3, 0.4) is 0 Å². The Hall–Kier alpha value is -1.44. The third-order valence-corrected chi connectivity index (χ3v) is 5.76. The third kappa shape index (κ3) is 3.09. The van der Waals surface area contributed by atoms with E-state index in [1.165, 1.54) is 29.4 Å². The highest BCUT2D eigenvalue weighted by molar-refractivity contribution is 7.89. The van der Waals surface area contributed by atoms with Crippen LogP contribution in [0, 0.1) is 6.92 Å². The van der Waals surface area contributed by atoms with E-state index in [2.05, 4.69) is 0 Å². The Balaban J connectivity index is 2.45. The molecule has 2 rings (SSSR count). The number of aromatic carboxylic acids is 1. The van der Waals surface area contributed by atoms with Crippen molar-refractivity contribution in [2.75, 3.05) is 13.1 Å². The first-order valence-corrected chi connectivity index (χ1v) is 8.15. The summed E-state index contributed by atoms with van der Waals surface area (Å²) in [6.07, 6.45) is 1.12. The van der Waals surface area contributed by atoms with Gasteiger partial charge in [0.1, 0.15) is 0 Å². The molecule has 1 fully saturated rings. The second kappa shape index (κ2) is 5.40. The lowest BCUT2D eigenvalue weighted by molar-refractivity contribution is 0.00937. The molecule has 2 N–H and O–H groups in total. The van der Waals surface area contributed by atoms with Crippen LogP contribution in [-0.4, -0.2) is 47.6 Å². The molecule has 1 aromatic carbocycles. The number of carboxylic acids is 1. The average Bonchev–Trinajstić information content (AvgIpc) is 2.37. The van der Waals surface area contributed by atoms with E-state index in [1.54, 1.807) is 6.92 Å². The Morgan fingerprint density at radius 1 is 1.38 bits per heavy atom. The molecule has 1 atom stereocenters. The van der Waals surface area contributed by atoms with Crippen molar-refractivity contribution in [3.8, 4) is 0 Å². The van der Waals surface area contributed by atoms with E-state index in [9.17, 15) is 18.3 Å². The predicted octanol–water partition coefficient (Wildman–Crippen LogP) is 1.23. The highest BCUT2D eigenvalue weighted by atomic mass is 32.2. The van der Waals surface area contributed by atoms with Crippen molar-refractivity contribution in [2.24, 2.45) is 0 Å². The van der Waals surface area contributed by atoms with Gasteiger partial charge in [0.15, 0.2) is 0 Å². The summed E-state index contributed by atoms with van der Waals surface area (Å²) in [6, 6.07) is 4.20. The number of benzene rings is 1. The lowest BCUT2D eigenvalue weighted by Crippen LogP contribution is -2.48. The van der Waals surface area contributed by atoms with E-state index >= 15 is 0 Å². The molecule has 0 saturated carbocycles. The second-order valence-corrected chi connectivity index (χ2v) is 7.58. The predicted molar refractivity (Wildman–Crippen MR) is 76.8 cm³/mol. The van der Waals surface area contributed by atoms with Crippen LogP contribution in [-0.2, 0) is 10.0 Å². The van der Waals surface area contributed by atoms with Crippen LogP contribution in [0.4, 0.5) is 0 Å². The van der Waals surface area contributed by atoms with Gasteiger partial charge in [0.05, 0.1) is 16.1 Å². The molecular weight excluding hydrogens is 294 g/mol. The monoisotopic (exact) mass is 313 g/mol. The molecule has 0 aromatic heterocycles. The Morgan fingerprint density at radius 2 is 2.05 bits per heavy atom. The van der Waals surface area contributed by atoms with Crippen LogP contribution in [0.1, 0.15) is 35.7 Å². The van der Waals surface area contributed by atoms with Gasteiger partial charge in [-0.1, -0.05) is 6.07 Å². The van der Waals surface area contributed by atoms with Crippen LogP contribution in [0.15, 0.2) is 23.1 Å². The van der Waals surface area contributed by atoms with E-state index in [1.807, 2.05) is 0 Å². The van der Waals surface area contributed by atoms with Gasteiger partial charge in [-0.3, -0.25) is 0 Å². The third-order valence-electron chi connectivity index (χ3n) is 3.77. The highest BCUT2D eigenvalue weighted by Gasteiger charge is 2.36. The van der Waals surface area contributed by atoms with Crippen molar-refractivity contribution in [1.82, 2.24) is 4.31 Å². The first-order chi connectivity index (χ1) is 9.65. The van der Waals surface area contributed by atoms with Crippen molar-refractivity contribution in [2.45, 2.75) is 37.2 Å². The number of β-amino-alcohol motifs (C(OH)–C–C–N with tert-alkyl or cyclic N) is 1. The normalized spacial score (nSPS) is 24.0. The number of rotatable bonds is 3. The summed E-state index contributed by atoms with van der Waals surface area (Å²) in [5, 5.41) is 19.2. The minimum Gasteiger partial charge on any atom is -0.478 e. The van der Waals surface area contributed by atoms with E-state index in [-0.39, 0.29) is 22.6 Å². The molecule has 6 nitrogen and oxygen atoms in total. The highest BCUT2D eigenvalue weighted by Crippen LogP contribution is 2.28. The first kappa shape index (κ1) is 15.9. The molecule has 1 unspecified atom stereocenters. The summed E-state index contributed by atoms with van der Waals surface area (Å²) < 4.78 is 26.6. The zero-order valence-corrected chi connectivity index (χ0v) is 12.9. The summed E-state index contributed by atoms with van der Waals surface area (Å²) in [5.74, 6) is -1.16. The van der Waals surface area contributed by atoms with Gasteiger partial charge in [-0.05, 0) is 44.4 Å². The maximum atomic E-state index is 12.7. The largest absolute Gasteiger partial charge is 0.478 e. The molecule has 1 heterocycles. The molecule has 116 valence electrons. The summed E-state index contributed by atoms with van der Waals surface area (Å²) in [5.41, 5.74) is -0.862. The number of carbonyl (C=O) groups is 1. The van der Waals surface area contributed by atoms with E-state index in [0.29, 0.717) is 19.4 Å². The molecule has 0 amide bonds. The molecule has 7 heteroatoms. The molecule has 1 aromatic rings. The first-order valence-electron chi connectivity index (χ1n) is 6.70. The fourth-order valence-electron chi connectivity index (χ4n) is 2.64. The fraction of sp³-hybridized carbons (Fsp3) is 0.500. The van der Waals surface area contributed by atoms with Crippen LogP contribution >= 0.6 is 0 Å². The van der Waals surface area contributed by atoms with Crippen LogP contribution < -0.4 is 0 Å². The van der Waals surface area contributed by atoms with Gasteiger partial charge in [0, 0.05) is 13.1 Å². The van der Waals surface area contributed by atoms with Crippen LogP contribution in [0.25, 0.3) is 0 Å². The lowest BCUT2D eigenvalue weighted by Gasteiger charge is -2.36. The molecule has 0 bridgehead atoms. The topological polar surface area (TPSA) is 94.9 Å². The SMILES string of the molecule is Cc1c(C(=O)O)cccc1S(=O)(=O)N1CCCC(C)(O)C1. The van der Waals surface area contributed by atoms with Crippen molar-refractivity contribution < 1.29 is 23.4 Å². The van der Waals surface area contributed by atoms with Crippen LogP contribution in [0.2, 0.25) is 0 Å². The summed E-state index contributed by atoms with van der Waals surface area (Å²) in [6.45, 7) is 3.44. The quantitative estimate of drug-likeness (QED) is 0.875. The maximum Gasteiger partial charge on any atom is 0.335 e. The van der Waals surface area contributed by atoms with E-state index in [4.69, 9.17) is 5.11 Å². The van der Waals surface area contributed by atoms with Crippen molar-refractivity contribution in [1.29, 1.82) is 0 Å². The number of sulfonamides is 1. The smallest absolute Gasteiger partial charge is 0.335 e. The molecule has 0 aliphatic carbocycles. The Labute approximate surface area is 124 Å². The van der Waals surface area contributed by atoms with Gasteiger partial charge in [0.2, 0.25) is 10.0 Å². The molecule has 1 aliphatic rings. The van der Waals surface area contributed by atoms with Gasteiger partial charge >= 0.3 is 5.97 Å². The summed E-state index contributed by atoms with van der Waals surface area (Å²) >= 11 is 0. The number of aliphatic hydroxyl groups is 1. The minimum absolute atomic E-state index is 0.0138. The van der Waals surface area contributed by atoms with E-state index < -0.39 is 21.6 Å². The van der Waals surface area contributed by atoms with Crippen LogP contribution in [0.5, 0.6) is 0 Å². The van der Waals surface area contributed by atoms with Crippen molar-refractivity contribution in [3.63, 3.8) is 0 Å². The molecule has 0 radical (unpaired) electrons. The standard InChI is InChI=1S/C14H19NO5S/c1-10-11(13(16)17)5-3-6-12(10)21(19,20)15-8-4-7-14(2,18)9-15/h3,5-6,18H,4,7-9H2,1-2H3,(H,16,17). The number of nitrogens with zero attached hydrogens (tertiary/aromatic N) is 1. The Kier molecular flexibility index (Phi) is 4.10. The van der Waals surface area contributed by atoms with E-state index in [0.717, 1.165) is 0 Å². The van der Waals surface area contributed by atoms with Gasteiger partial charge < -0.3 is 10.2 Å². The molecule has 21 heavy (non-hydrogen) atoms. The summed E-state index contributed by atoms with van der Waals surface area (Å²) in [7, 11) is -3.81. The lowest BCUT2D eigenvalue weighted by atomic mass is 9.97. The zero-order valence-electron chi connectivity index (χ0n) is 12.0. The fourth-order valence-corrected chi connectivity index (χ4v) is 4.49. The van der Waals surface area contributed by atoms with Gasteiger partial charge in [-0.2, -0.15) is 4.31 Å². The molecular formula is C14H19NO5S. The molecule has 1 aliphatic heterocycles. The van der Waals surface area contributed by atoms with Crippen molar-refractivity contribution >= 4 is 16.0 Å².